The second-order valence-corrected chi connectivity index (χ2v) is 7.03. The predicted octanol–water partition coefficient (Wildman–Crippen LogP) is 2.46. The molecule has 118 valence electrons. The quantitative estimate of drug-likeness (QED) is 0.905. The zero-order chi connectivity index (χ0) is 15.8. The number of aliphatic hydroxyl groups is 1. The van der Waals surface area contributed by atoms with Gasteiger partial charge in [-0.3, -0.25) is 0 Å². The van der Waals surface area contributed by atoms with Crippen molar-refractivity contribution in [2.75, 3.05) is 6.54 Å². The highest BCUT2D eigenvalue weighted by atomic mass is 32.2. The Morgan fingerprint density at radius 1 is 1.29 bits per heavy atom. The molecule has 1 unspecified atom stereocenters. The van der Waals surface area contributed by atoms with Crippen molar-refractivity contribution in [3.63, 3.8) is 0 Å². The van der Waals surface area contributed by atoms with Crippen LogP contribution in [0, 0.1) is 0 Å². The Morgan fingerprint density at radius 3 is 2.19 bits per heavy atom. The zero-order valence-electron chi connectivity index (χ0n) is 11.3. The first-order valence-electron chi connectivity index (χ1n) is 6.48. The molecule has 4 nitrogen and oxygen atoms in total. The van der Waals surface area contributed by atoms with Gasteiger partial charge >= 0.3 is 6.18 Å². The molecule has 1 N–H and O–H groups in total. The number of halogens is 3. The number of sulfonamides is 1. The van der Waals surface area contributed by atoms with E-state index >= 15 is 0 Å². The summed E-state index contributed by atoms with van der Waals surface area (Å²) in [5, 5.41) is 9.37. The number of rotatable bonds is 5. The highest BCUT2D eigenvalue weighted by Gasteiger charge is 2.44. The molecule has 0 aromatic heterocycles. The molecular formula is C13H16F3NO3S. The molecule has 1 fully saturated rings. The van der Waals surface area contributed by atoms with Crippen LogP contribution in [0.3, 0.4) is 0 Å². The van der Waals surface area contributed by atoms with E-state index in [2.05, 4.69) is 0 Å². The van der Waals surface area contributed by atoms with Gasteiger partial charge in [-0.05, 0) is 37.5 Å². The van der Waals surface area contributed by atoms with Gasteiger partial charge < -0.3 is 5.11 Å². The number of hydrogen-bond acceptors (Lipinski definition) is 3. The minimum Gasteiger partial charge on any atom is -0.389 e. The monoisotopic (exact) mass is 323 g/mol. The zero-order valence-corrected chi connectivity index (χ0v) is 12.2. The number of nitrogens with zero attached hydrogens (tertiary/aromatic N) is 1. The van der Waals surface area contributed by atoms with Crippen LogP contribution < -0.4 is 0 Å². The highest BCUT2D eigenvalue weighted by Crippen LogP contribution is 2.34. The molecule has 0 aliphatic heterocycles. The molecule has 1 aliphatic carbocycles. The molecule has 0 amide bonds. The number of hydrogen-bond donors (Lipinski definition) is 1. The average Bonchev–Trinajstić information content (AvgIpc) is 3.19. The topological polar surface area (TPSA) is 57.6 Å². The Balaban J connectivity index is 2.30. The second-order valence-electron chi connectivity index (χ2n) is 5.14. The fourth-order valence-electron chi connectivity index (χ4n) is 2.00. The summed E-state index contributed by atoms with van der Waals surface area (Å²) in [4.78, 5) is -0.192. The molecule has 2 rings (SSSR count). The van der Waals surface area contributed by atoms with E-state index in [0.29, 0.717) is 22.7 Å². The van der Waals surface area contributed by atoms with Crippen LogP contribution in [0.4, 0.5) is 13.2 Å². The first-order valence-corrected chi connectivity index (χ1v) is 7.92. The molecule has 1 atom stereocenters. The van der Waals surface area contributed by atoms with E-state index in [1.165, 1.54) is 31.2 Å². The molecule has 0 bridgehead atoms. The normalized spacial score (nSPS) is 18.0. The Morgan fingerprint density at radius 2 is 1.81 bits per heavy atom. The summed E-state index contributed by atoms with van der Waals surface area (Å²) in [5.41, 5.74) is 0.503. The molecule has 1 aromatic rings. The summed E-state index contributed by atoms with van der Waals surface area (Å²) in [6.45, 7) is 0.0435. The fourth-order valence-corrected chi connectivity index (χ4v) is 3.67. The Hall–Kier alpha value is -1.12. The van der Waals surface area contributed by atoms with Crippen molar-refractivity contribution >= 4 is 10.0 Å². The summed E-state index contributed by atoms with van der Waals surface area (Å²) in [6, 6.07) is 4.67. The van der Waals surface area contributed by atoms with Crippen molar-refractivity contribution in [1.82, 2.24) is 4.31 Å². The van der Waals surface area contributed by atoms with E-state index < -0.39 is 34.9 Å². The molecular weight excluding hydrogens is 307 g/mol. The van der Waals surface area contributed by atoms with E-state index in [-0.39, 0.29) is 4.90 Å². The van der Waals surface area contributed by atoms with Crippen LogP contribution in [0.25, 0.3) is 0 Å². The average molecular weight is 323 g/mol. The van der Waals surface area contributed by atoms with Crippen molar-refractivity contribution in [2.24, 2.45) is 0 Å². The lowest BCUT2D eigenvalue weighted by atomic mass is 10.1. The number of benzene rings is 1. The maximum Gasteiger partial charge on any atom is 0.402 e. The van der Waals surface area contributed by atoms with Gasteiger partial charge in [-0.1, -0.05) is 12.1 Å². The van der Waals surface area contributed by atoms with Crippen molar-refractivity contribution < 1.29 is 26.7 Å². The van der Waals surface area contributed by atoms with Crippen molar-refractivity contribution in [3.05, 3.63) is 29.8 Å². The van der Waals surface area contributed by atoms with Crippen molar-refractivity contribution in [3.8, 4) is 0 Å². The van der Waals surface area contributed by atoms with Crippen LogP contribution in [-0.2, 0) is 10.0 Å². The van der Waals surface area contributed by atoms with Gasteiger partial charge in [0.05, 0.1) is 11.0 Å². The molecule has 0 radical (unpaired) electrons. The van der Waals surface area contributed by atoms with Gasteiger partial charge in [0.15, 0.2) is 0 Å². The minimum absolute atomic E-state index is 0.192. The van der Waals surface area contributed by atoms with E-state index in [4.69, 9.17) is 0 Å². The fraction of sp³-hybridized carbons (Fsp3) is 0.538. The summed E-state index contributed by atoms with van der Waals surface area (Å²) in [5.74, 6) is 0. The molecule has 1 aliphatic rings. The van der Waals surface area contributed by atoms with E-state index in [1.807, 2.05) is 0 Å². The predicted molar refractivity (Wildman–Crippen MR) is 70.0 cm³/mol. The molecule has 1 saturated carbocycles. The Kier molecular flexibility index (Phi) is 4.32. The molecule has 0 saturated heterocycles. The molecule has 8 heteroatoms. The smallest absolute Gasteiger partial charge is 0.389 e. The summed E-state index contributed by atoms with van der Waals surface area (Å²) in [7, 11) is -4.18. The lowest BCUT2D eigenvalue weighted by Crippen LogP contribution is -2.40. The van der Waals surface area contributed by atoms with Crippen molar-refractivity contribution in [1.29, 1.82) is 0 Å². The SMILES string of the molecule is CC(O)c1ccc(S(=O)(=O)N(CC(F)(F)F)C2CC2)cc1. The van der Waals surface area contributed by atoms with Crippen LogP contribution in [0.2, 0.25) is 0 Å². The number of alkyl halides is 3. The maximum absolute atomic E-state index is 12.6. The first kappa shape index (κ1) is 16.3. The van der Waals surface area contributed by atoms with Gasteiger partial charge in [-0.25, -0.2) is 8.42 Å². The largest absolute Gasteiger partial charge is 0.402 e. The first-order chi connectivity index (χ1) is 9.61. The van der Waals surface area contributed by atoms with Crippen LogP contribution >= 0.6 is 0 Å². The van der Waals surface area contributed by atoms with Gasteiger partial charge in [0.25, 0.3) is 0 Å². The third kappa shape index (κ3) is 3.96. The molecule has 0 heterocycles. The summed E-state index contributed by atoms with van der Waals surface area (Å²) < 4.78 is 62.9. The standard InChI is InChI=1S/C13H16F3NO3S/c1-9(18)10-2-6-12(7-3-10)21(19,20)17(11-4-5-11)8-13(14,15)16/h2-3,6-7,9,11,18H,4-5,8H2,1H3. The van der Waals surface area contributed by atoms with Crippen molar-refractivity contribution in [2.45, 2.75) is 43.0 Å². The number of aliphatic hydroxyl groups excluding tert-OH is 1. The third-order valence-electron chi connectivity index (χ3n) is 3.26. The lowest BCUT2D eigenvalue weighted by Gasteiger charge is -2.23. The van der Waals surface area contributed by atoms with E-state index in [0.717, 1.165) is 0 Å². The molecule has 0 spiro atoms. The molecule has 21 heavy (non-hydrogen) atoms. The van der Waals surface area contributed by atoms with Gasteiger partial charge in [0.2, 0.25) is 10.0 Å². The minimum atomic E-state index is -4.57. The molecule has 1 aromatic carbocycles. The third-order valence-corrected chi connectivity index (χ3v) is 5.17. The van der Waals surface area contributed by atoms with Gasteiger partial charge in [0.1, 0.15) is 6.54 Å². The van der Waals surface area contributed by atoms with Crippen LogP contribution in [0.1, 0.15) is 31.4 Å². The maximum atomic E-state index is 12.6. The van der Waals surface area contributed by atoms with Gasteiger partial charge in [-0.15, -0.1) is 0 Å². The second kappa shape index (κ2) is 5.58. The lowest BCUT2D eigenvalue weighted by molar-refractivity contribution is -0.137. The van der Waals surface area contributed by atoms with E-state index in [9.17, 15) is 26.7 Å². The van der Waals surface area contributed by atoms with Crippen LogP contribution in [0.5, 0.6) is 0 Å². The van der Waals surface area contributed by atoms with Gasteiger partial charge in [-0.2, -0.15) is 17.5 Å². The Labute approximate surface area is 121 Å². The van der Waals surface area contributed by atoms with Gasteiger partial charge in [0, 0.05) is 6.04 Å². The highest BCUT2D eigenvalue weighted by molar-refractivity contribution is 7.89. The summed E-state index contributed by atoms with van der Waals surface area (Å²) >= 11 is 0. The van der Waals surface area contributed by atoms with Crippen LogP contribution in [-0.4, -0.2) is 36.6 Å². The van der Waals surface area contributed by atoms with E-state index in [1.54, 1.807) is 0 Å². The summed E-state index contributed by atoms with van der Waals surface area (Å²) in [6.07, 6.45) is -4.45. The Bertz CT molecular complexity index is 592. The van der Waals surface area contributed by atoms with Crippen LogP contribution in [0.15, 0.2) is 29.2 Å².